The van der Waals surface area contributed by atoms with Crippen molar-refractivity contribution < 1.29 is 23.8 Å². The van der Waals surface area contributed by atoms with E-state index in [1.807, 2.05) is 29.2 Å². The third kappa shape index (κ3) is 4.28. The Morgan fingerprint density at radius 1 is 1.12 bits per heavy atom. The number of nitrogens with zero attached hydrogens (tertiary/aromatic N) is 2. The normalized spacial score (nSPS) is 30.2. The van der Waals surface area contributed by atoms with Crippen LogP contribution in [0.4, 0.5) is 0 Å². The lowest BCUT2D eigenvalue weighted by molar-refractivity contribution is -0.136. The highest BCUT2D eigenvalue weighted by atomic mass is 16.5. The number of amides is 1. The molecule has 33 heavy (non-hydrogen) atoms. The Labute approximate surface area is 195 Å². The molecule has 1 aromatic carbocycles. The number of Topliss-reactive ketones (excluding diaryl/α,β-unsaturated/α-hetero) is 1. The molecule has 7 nitrogen and oxygen atoms in total. The van der Waals surface area contributed by atoms with Gasteiger partial charge in [0.25, 0.3) is 5.91 Å². The molecular formula is C26H34N2O5. The highest BCUT2D eigenvalue weighted by Crippen LogP contribution is 2.47. The zero-order valence-corrected chi connectivity index (χ0v) is 19.6. The van der Waals surface area contributed by atoms with Crippen LogP contribution in [0, 0.1) is 11.8 Å². The zero-order chi connectivity index (χ0) is 22.9. The predicted molar refractivity (Wildman–Crippen MR) is 123 cm³/mol. The van der Waals surface area contributed by atoms with E-state index in [0.717, 1.165) is 69.8 Å². The summed E-state index contributed by atoms with van der Waals surface area (Å²) >= 11 is 0. The number of hydrogen-bond donors (Lipinski definition) is 0. The summed E-state index contributed by atoms with van der Waals surface area (Å²) in [6.45, 7) is 7.04. The zero-order valence-electron chi connectivity index (χ0n) is 19.6. The Morgan fingerprint density at radius 3 is 2.73 bits per heavy atom. The van der Waals surface area contributed by atoms with E-state index in [2.05, 4.69) is 11.8 Å². The molecule has 0 N–H and O–H groups in total. The van der Waals surface area contributed by atoms with Gasteiger partial charge in [0.1, 0.15) is 11.9 Å². The average Bonchev–Trinajstić information content (AvgIpc) is 3.12. The van der Waals surface area contributed by atoms with Crippen molar-refractivity contribution in [3.05, 3.63) is 41.2 Å². The molecule has 1 amide bonds. The SMILES string of the molecule is COc1cccc(C2C3=C(OC4CCC(C)CC4C3=O)C(=O)N2CCCN2CCOCC2)c1. The van der Waals surface area contributed by atoms with Crippen molar-refractivity contribution in [1.82, 2.24) is 9.80 Å². The molecule has 1 aliphatic carbocycles. The first kappa shape index (κ1) is 22.4. The van der Waals surface area contributed by atoms with Crippen LogP contribution in [-0.4, -0.2) is 74.1 Å². The first-order valence-electron chi connectivity index (χ1n) is 12.3. The summed E-state index contributed by atoms with van der Waals surface area (Å²) < 4.78 is 17.2. The lowest BCUT2D eigenvalue weighted by atomic mass is 9.74. The number of carbonyl (C=O) groups is 2. The van der Waals surface area contributed by atoms with Gasteiger partial charge in [-0.2, -0.15) is 0 Å². The summed E-state index contributed by atoms with van der Waals surface area (Å²) in [6, 6.07) is 7.30. The van der Waals surface area contributed by atoms with E-state index in [4.69, 9.17) is 14.2 Å². The maximum atomic E-state index is 13.8. The summed E-state index contributed by atoms with van der Waals surface area (Å²) in [7, 11) is 1.63. The van der Waals surface area contributed by atoms with E-state index in [-0.39, 0.29) is 29.5 Å². The molecule has 4 unspecified atom stereocenters. The van der Waals surface area contributed by atoms with Gasteiger partial charge in [0.05, 0.1) is 37.9 Å². The molecule has 3 aliphatic heterocycles. The first-order chi connectivity index (χ1) is 16.1. The van der Waals surface area contributed by atoms with Gasteiger partial charge in [0.15, 0.2) is 11.5 Å². The number of fused-ring (bicyclic) bond motifs is 1. The number of ether oxygens (including phenoxy) is 3. The Bertz CT molecular complexity index is 938. The third-order valence-electron chi connectivity index (χ3n) is 7.59. The van der Waals surface area contributed by atoms with Crippen LogP contribution in [0.2, 0.25) is 0 Å². The lowest BCUT2D eigenvalue weighted by Crippen LogP contribution is -2.41. The molecule has 5 rings (SSSR count). The molecule has 1 saturated carbocycles. The topological polar surface area (TPSA) is 68.3 Å². The number of methoxy groups -OCH3 is 1. The number of morpholine rings is 1. The maximum Gasteiger partial charge on any atom is 0.290 e. The highest BCUT2D eigenvalue weighted by molar-refractivity contribution is 6.11. The summed E-state index contributed by atoms with van der Waals surface area (Å²) in [5, 5.41) is 0. The molecule has 0 aromatic heterocycles. The molecule has 7 heteroatoms. The van der Waals surface area contributed by atoms with E-state index in [0.29, 0.717) is 18.0 Å². The van der Waals surface area contributed by atoms with Crippen LogP contribution in [0.3, 0.4) is 0 Å². The molecule has 0 radical (unpaired) electrons. The van der Waals surface area contributed by atoms with Crippen molar-refractivity contribution in [2.75, 3.05) is 46.5 Å². The number of hydrogen-bond acceptors (Lipinski definition) is 6. The smallest absolute Gasteiger partial charge is 0.290 e. The predicted octanol–water partition coefficient (Wildman–Crippen LogP) is 2.96. The third-order valence-corrected chi connectivity index (χ3v) is 7.59. The molecule has 1 saturated heterocycles. The Balaban J connectivity index is 1.43. The van der Waals surface area contributed by atoms with Gasteiger partial charge in [-0.1, -0.05) is 19.1 Å². The number of ketones is 1. The monoisotopic (exact) mass is 454 g/mol. The van der Waals surface area contributed by atoms with Gasteiger partial charge in [0.2, 0.25) is 0 Å². The Kier molecular flexibility index (Phi) is 6.43. The van der Waals surface area contributed by atoms with Crippen molar-refractivity contribution in [3.63, 3.8) is 0 Å². The van der Waals surface area contributed by atoms with Crippen LogP contribution in [-0.2, 0) is 19.1 Å². The van der Waals surface area contributed by atoms with Crippen LogP contribution in [0.1, 0.15) is 44.2 Å². The summed E-state index contributed by atoms with van der Waals surface area (Å²) in [5.41, 5.74) is 1.45. The first-order valence-corrected chi connectivity index (χ1v) is 12.3. The fourth-order valence-corrected chi connectivity index (χ4v) is 5.80. The van der Waals surface area contributed by atoms with Crippen LogP contribution < -0.4 is 4.74 Å². The second-order valence-corrected chi connectivity index (χ2v) is 9.77. The van der Waals surface area contributed by atoms with Gasteiger partial charge in [0, 0.05) is 26.2 Å². The van der Waals surface area contributed by atoms with E-state index >= 15 is 0 Å². The van der Waals surface area contributed by atoms with Crippen molar-refractivity contribution in [1.29, 1.82) is 0 Å². The van der Waals surface area contributed by atoms with Gasteiger partial charge in [-0.3, -0.25) is 14.5 Å². The molecule has 4 atom stereocenters. The van der Waals surface area contributed by atoms with Crippen molar-refractivity contribution in [3.8, 4) is 5.75 Å². The van der Waals surface area contributed by atoms with Crippen molar-refractivity contribution in [2.24, 2.45) is 11.8 Å². The van der Waals surface area contributed by atoms with Gasteiger partial charge in [-0.05, 0) is 49.3 Å². The van der Waals surface area contributed by atoms with Crippen LogP contribution in [0.5, 0.6) is 5.75 Å². The molecule has 1 aromatic rings. The Hall–Kier alpha value is -2.38. The fourth-order valence-electron chi connectivity index (χ4n) is 5.80. The van der Waals surface area contributed by atoms with Gasteiger partial charge in [-0.25, -0.2) is 0 Å². The second kappa shape index (κ2) is 9.47. The molecule has 0 spiro atoms. The van der Waals surface area contributed by atoms with E-state index in [1.54, 1.807) is 7.11 Å². The largest absolute Gasteiger partial charge is 0.497 e. The van der Waals surface area contributed by atoms with Crippen LogP contribution >= 0.6 is 0 Å². The van der Waals surface area contributed by atoms with Crippen molar-refractivity contribution in [2.45, 2.75) is 44.8 Å². The van der Waals surface area contributed by atoms with E-state index in [9.17, 15) is 9.59 Å². The summed E-state index contributed by atoms with van der Waals surface area (Å²) in [6.07, 6.45) is 3.37. The maximum absolute atomic E-state index is 13.8. The lowest BCUT2D eigenvalue weighted by Gasteiger charge is -2.37. The fraction of sp³-hybridized carbons (Fsp3) is 0.615. The standard InChI is InChI=1S/C26H34N2O5/c1-17-7-8-21-20(15-17)24(29)22-23(18-5-3-6-19(16-18)31-2)28(26(30)25(22)33-21)10-4-9-27-11-13-32-14-12-27/h3,5-6,16-17,20-21,23H,4,7-15H2,1-2H3. The van der Waals surface area contributed by atoms with Crippen molar-refractivity contribution >= 4 is 11.7 Å². The molecule has 4 aliphatic rings. The van der Waals surface area contributed by atoms with Gasteiger partial charge >= 0.3 is 0 Å². The second-order valence-electron chi connectivity index (χ2n) is 9.77. The van der Waals surface area contributed by atoms with E-state index < -0.39 is 6.04 Å². The average molecular weight is 455 g/mol. The highest BCUT2D eigenvalue weighted by Gasteiger charge is 2.52. The summed E-state index contributed by atoms with van der Waals surface area (Å²) in [4.78, 5) is 31.6. The molecule has 2 fully saturated rings. The Morgan fingerprint density at radius 2 is 1.94 bits per heavy atom. The van der Waals surface area contributed by atoms with Gasteiger partial charge in [-0.15, -0.1) is 0 Å². The van der Waals surface area contributed by atoms with E-state index in [1.165, 1.54) is 0 Å². The van der Waals surface area contributed by atoms with Gasteiger partial charge < -0.3 is 19.1 Å². The number of benzene rings is 1. The molecule has 178 valence electrons. The van der Waals surface area contributed by atoms with Crippen LogP contribution in [0.15, 0.2) is 35.6 Å². The minimum atomic E-state index is -0.419. The number of rotatable bonds is 6. The summed E-state index contributed by atoms with van der Waals surface area (Å²) in [5.74, 6) is 1.31. The quantitative estimate of drug-likeness (QED) is 0.658. The molecule has 3 heterocycles. The minimum Gasteiger partial charge on any atom is -0.497 e. The van der Waals surface area contributed by atoms with Crippen LogP contribution in [0.25, 0.3) is 0 Å². The minimum absolute atomic E-state index is 0.102. The molecular weight excluding hydrogens is 420 g/mol. The molecule has 0 bridgehead atoms. The number of carbonyl (C=O) groups excluding carboxylic acids is 2.